The molecule has 0 radical (unpaired) electrons. The number of benzene rings is 1. The molecule has 0 bridgehead atoms. The van der Waals surface area contributed by atoms with Crippen molar-refractivity contribution >= 4 is 18.3 Å². The number of halogens is 1. The van der Waals surface area contributed by atoms with Gasteiger partial charge in [-0.15, -0.1) is 12.4 Å². The van der Waals surface area contributed by atoms with Gasteiger partial charge >= 0.3 is 0 Å². The van der Waals surface area contributed by atoms with E-state index in [1.165, 1.54) is 0 Å². The van der Waals surface area contributed by atoms with E-state index >= 15 is 0 Å². The maximum absolute atomic E-state index is 12.8. The monoisotopic (exact) mass is 354 g/mol. The van der Waals surface area contributed by atoms with Crippen molar-refractivity contribution < 1.29 is 14.3 Å². The molecule has 2 aliphatic heterocycles. The van der Waals surface area contributed by atoms with E-state index < -0.39 is 0 Å². The molecule has 2 heterocycles. The van der Waals surface area contributed by atoms with Gasteiger partial charge in [0, 0.05) is 18.5 Å². The topological polar surface area (TPSA) is 50.8 Å². The van der Waals surface area contributed by atoms with Crippen LogP contribution in [0, 0.1) is 5.92 Å². The van der Waals surface area contributed by atoms with Crippen LogP contribution in [0.15, 0.2) is 24.3 Å². The van der Waals surface area contributed by atoms with Crippen molar-refractivity contribution in [3.8, 4) is 5.75 Å². The van der Waals surface area contributed by atoms with Crippen LogP contribution in [0.2, 0.25) is 0 Å². The molecular weight excluding hydrogens is 328 g/mol. The molecule has 5 nitrogen and oxygen atoms in total. The summed E-state index contributed by atoms with van der Waals surface area (Å²) >= 11 is 0. The van der Waals surface area contributed by atoms with Crippen LogP contribution in [0.1, 0.15) is 31.4 Å². The third-order valence-corrected chi connectivity index (χ3v) is 4.82. The van der Waals surface area contributed by atoms with Crippen LogP contribution in [0.5, 0.6) is 5.75 Å². The molecular formula is C18H27ClN2O3. The quantitative estimate of drug-likeness (QED) is 0.905. The second-order valence-corrected chi connectivity index (χ2v) is 6.50. The number of piperidine rings is 1. The molecule has 2 aliphatic rings. The fourth-order valence-corrected chi connectivity index (χ4v) is 3.51. The number of hydrogen-bond acceptors (Lipinski definition) is 4. The first-order valence-corrected chi connectivity index (χ1v) is 8.45. The summed E-state index contributed by atoms with van der Waals surface area (Å²) in [5.74, 6) is 1.26. The molecule has 0 aromatic heterocycles. The average Bonchev–Trinajstić information content (AvgIpc) is 2.61. The Morgan fingerprint density at radius 3 is 3.00 bits per heavy atom. The lowest BCUT2D eigenvalue weighted by Crippen LogP contribution is -2.48. The normalized spacial score (nSPS) is 27.2. The van der Waals surface area contributed by atoms with E-state index in [4.69, 9.17) is 9.47 Å². The minimum absolute atomic E-state index is 0. The number of carbonyl (C=O) groups is 1. The summed E-state index contributed by atoms with van der Waals surface area (Å²) in [5, 5.41) is 3.41. The molecule has 0 saturated carbocycles. The minimum Gasteiger partial charge on any atom is -0.497 e. The first-order chi connectivity index (χ1) is 11.2. The van der Waals surface area contributed by atoms with E-state index in [9.17, 15) is 4.79 Å². The van der Waals surface area contributed by atoms with E-state index in [2.05, 4.69) is 12.2 Å². The number of amides is 1. The number of rotatable bonds is 3. The van der Waals surface area contributed by atoms with Crippen molar-refractivity contribution in [2.75, 3.05) is 33.4 Å². The number of methoxy groups -OCH3 is 1. The van der Waals surface area contributed by atoms with Gasteiger partial charge in [0.25, 0.3) is 0 Å². The third kappa shape index (κ3) is 4.41. The molecule has 1 amide bonds. The Labute approximate surface area is 150 Å². The SMILES string of the molecule is COc1cccc(C2CN(C(=O)[C@H]3CCN[C@@H](C)C3)CCO2)c1.Cl. The van der Waals surface area contributed by atoms with Gasteiger partial charge in [-0.1, -0.05) is 12.1 Å². The first kappa shape index (κ1) is 19.0. The van der Waals surface area contributed by atoms with Gasteiger partial charge in [0.1, 0.15) is 11.9 Å². The number of nitrogens with zero attached hydrogens (tertiary/aromatic N) is 1. The van der Waals surface area contributed by atoms with Gasteiger partial charge in [-0.25, -0.2) is 0 Å². The molecule has 2 saturated heterocycles. The first-order valence-electron chi connectivity index (χ1n) is 8.45. The summed E-state index contributed by atoms with van der Waals surface area (Å²) in [6.45, 7) is 5.00. The second-order valence-electron chi connectivity index (χ2n) is 6.50. The lowest BCUT2D eigenvalue weighted by Gasteiger charge is -2.37. The molecule has 24 heavy (non-hydrogen) atoms. The number of nitrogens with one attached hydrogen (secondary N) is 1. The Kier molecular flexibility index (Phi) is 6.90. The Morgan fingerprint density at radius 1 is 1.42 bits per heavy atom. The minimum atomic E-state index is -0.0676. The van der Waals surface area contributed by atoms with Gasteiger partial charge in [-0.2, -0.15) is 0 Å². The Balaban J connectivity index is 0.00000208. The van der Waals surface area contributed by atoms with Gasteiger partial charge in [-0.05, 0) is 44.0 Å². The standard InChI is InChI=1S/C18H26N2O3.ClH/c1-13-10-15(6-7-19-13)18(21)20-8-9-23-17(12-20)14-4-3-5-16(11-14)22-2;/h3-5,11,13,15,17,19H,6-10,12H2,1-2H3;1H/t13-,15-,17?;/m0./s1. The van der Waals surface area contributed by atoms with Crippen LogP contribution in [0.4, 0.5) is 0 Å². The van der Waals surface area contributed by atoms with Gasteiger partial charge < -0.3 is 19.7 Å². The summed E-state index contributed by atoms with van der Waals surface area (Å²) in [4.78, 5) is 14.8. The lowest BCUT2D eigenvalue weighted by atomic mass is 9.91. The molecule has 6 heteroatoms. The van der Waals surface area contributed by atoms with E-state index in [-0.39, 0.29) is 30.3 Å². The van der Waals surface area contributed by atoms with Crippen molar-refractivity contribution in [1.29, 1.82) is 0 Å². The predicted octanol–water partition coefficient (Wildman–Crippen LogP) is 2.41. The average molecular weight is 355 g/mol. The number of carbonyl (C=O) groups excluding carboxylic acids is 1. The number of hydrogen-bond donors (Lipinski definition) is 1. The highest BCUT2D eigenvalue weighted by molar-refractivity contribution is 5.85. The molecule has 1 aromatic carbocycles. The fourth-order valence-electron chi connectivity index (χ4n) is 3.51. The highest BCUT2D eigenvalue weighted by Crippen LogP contribution is 2.27. The molecule has 3 atom stereocenters. The highest BCUT2D eigenvalue weighted by atomic mass is 35.5. The maximum atomic E-state index is 12.8. The zero-order valence-corrected chi connectivity index (χ0v) is 15.2. The van der Waals surface area contributed by atoms with E-state index in [1.54, 1.807) is 7.11 Å². The van der Waals surface area contributed by atoms with Crippen LogP contribution in [-0.4, -0.2) is 50.2 Å². The van der Waals surface area contributed by atoms with Gasteiger partial charge in [0.15, 0.2) is 0 Å². The summed E-state index contributed by atoms with van der Waals surface area (Å²) in [6, 6.07) is 8.34. The van der Waals surface area contributed by atoms with E-state index in [1.807, 2.05) is 29.2 Å². The van der Waals surface area contributed by atoms with Gasteiger partial charge in [0.2, 0.25) is 5.91 Å². The van der Waals surface area contributed by atoms with Crippen LogP contribution < -0.4 is 10.1 Å². The summed E-state index contributed by atoms with van der Waals surface area (Å²) < 4.78 is 11.2. The Bertz CT molecular complexity index is 555. The largest absolute Gasteiger partial charge is 0.497 e. The van der Waals surface area contributed by atoms with Crippen molar-refractivity contribution in [3.05, 3.63) is 29.8 Å². The van der Waals surface area contributed by atoms with Crippen molar-refractivity contribution in [3.63, 3.8) is 0 Å². The van der Waals surface area contributed by atoms with E-state index in [0.717, 1.165) is 30.7 Å². The molecule has 1 N–H and O–H groups in total. The Morgan fingerprint density at radius 2 is 2.25 bits per heavy atom. The molecule has 3 rings (SSSR count). The Hall–Kier alpha value is -1.30. The molecule has 134 valence electrons. The van der Waals surface area contributed by atoms with Crippen molar-refractivity contribution in [1.82, 2.24) is 10.2 Å². The second kappa shape index (κ2) is 8.70. The van der Waals surface area contributed by atoms with E-state index in [0.29, 0.717) is 25.7 Å². The lowest BCUT2D eigenvalue weighted by molar-refractivity contribution is -0.144. The molecule has 2 fully saturated rings. The zero-order chi connectivity index (χ0) is 16.2. The fraction of sp³-hybridized carbons (Fsp3) is 0.611. The third-order valence-electron chi connectivity index (χ3n) is 4.82. The van der Waals surface area contributed by atoms with Gasteiger partial charge in [0.05, 0.1) is 20.3 Å². The number of ether oxygens (including phenoxy) is 2. The van der Waals surface area contributed by atoms with Crippen LogP contribution >= 0.6 is 12.4 Å². The smallest absolute Gasteiger partial charge is 0.225 e. The predicted molar refractivity (Wildman–Crippen MR) is 95.7 cm³/mol. The molecule has 1 unspecified atom stereocenters. The molecule has 0 spiro atoms. The highest BCUT2D eigenvalue weighted by Gasteiger charge is 2.32. The summed E-state index contributed by atoms with van der Waals surface area (Å²) in [7, 11) is 1.66. The van der Waals surface area contributed by atoms with Crippen LogP contribution in [0.25, 0.3) is 0 Å². The van der Waals surface area contributed by atoms with Crippen LogP contribution in [0.3, 0.4) is 0 Å². The summed E-state index contributed by atoms with van der Waals surface area (Å²) in [6.07, 6.45) is 1.80. The molecule has 0 aliphatic carbocycles. The molecule has 1 aromatic rings. The number of morpholine rings is 1. The van der Waals surface area contributed by atoms with Crippen LogP contribution in [-0.2, 0) is 9.53 Å². The zero-order valence-electron chi connectivity index (χ0n) is 14.4. The van der Waals surface area contributed by atoms with Crippen molar-refractivity contribution in [2.24, 2.45) is 5.92 Å². The van der Waals surface area contributed by atoms with Crippen molar-refractivity contribution in [2.45, 2.75) is 31.9 Å². The maximum Gasteiger partial charge on any atom is 0.225 e. The van der Waals surface area contributed by atoms with Gasteiger partial charge in [-0.3, -0.25) is 4.79 Å². The summed E-state index contributed by atoms with van der Waals surface area (Å²) in [5.41, 5.74) is 1.07.